The van der Waals surface area contributed by atoms with Gasteiger partial charge in [0.2, 0.25) is 0 Å². The molecule has 0 bridgehead atoms. The number of amides is 1. The molecule has 154 valence electrons. The second kappa shape index (κ2) is 8.78. The third-order valence-electron chi connectivity index (χ3n) is 5.88. The van der Waals surface area contributed by atoms with Crippen LogP contribution in [0.2, 0.25) is 5.02 Å². The molecule has 7 heteroatoms. The summed E-state index contributed by atoms with van der Waals surface area (Å²) in [6.45, 7) is 3.28. The first-order valence-electron chi connectivity index (χ1n) is 10.1. The Morgan fingerprint density at radius 1 is 1.28 bits per heavy atom. The second-order valence-electron chi connectivity index (χ2n) is 7.89. The molecule has 1 unspecified atom stereocenters. The predicted molar refractivity (Wildman–Crippen MR) is 109 cm³/mol. The first-order chi connectivity index (χ1) is 14.0. The number of aromatic nitrogens is 1. The van der Waals surface area contributed by atoms with E-state index in [0.717, 1.165) is 57.1 Å². The van der Waals surface area contributed by atoms with E-state index in [-0.39, 0.29) is 28.2 Å². The molecule has 0 radical (unpaired) electrons. The molecule has 2 fully saturated rings. The van der Waals surface area contributed by atoms with Gasteiger partial charge in [-0.05, 0) is 56.0 Å². The molecule has 2 saturated heterocycles. The molecule has 0 saturated carbocycles. The van der Waals surface area contributed by atoms with E-state index in [1.54, 1.807) is 0 Å². The number of ether oxygens (including phenoxy) is 1. The summed E-state index contributed by atoms with van der Waals surface area (Å²) in [6, 6.07) is 9.80. The summed E-state index contributed by atoms with van der Waals surface area (Å²) in [4.78, 5) is 19.2. The summed E-state index contributed by atoms with van der Waals surface area (Å²) in [5.74, 6) is -0.758. The lowest BCUT2D eigenvalue weighted by molar-refractivity contribution is -0.0765. The van der Waals surface area contributed by atoms with E-state index in [9.17, 15) is 9.18 Å². The number of pyridine rings is 1. The van der Waals surface area contributed by atoms with Crippen molar-refractivity contribution in [1.29, 1.82) is 0 Å². The monoisotopic (exact) mass is 417 g/mol. The first-order valence-corrected chi connectivity index (χ1v) is 10.4. The Hall–Kier alpha value is -2.02. The number of benzene rings is 1. The maximum atomic E-state index is 13.2. The van der Waals surface area contributed by atoms with Crippen LogP contribution < -0.4 is 5.32 Å². The lowest BCUT2D eigenvalue weighted by Crippen LogP contribution is -2.45. The highest BCUT2D eigenvalue weighted by atomic mass is 35.5. The zero-order valence-electron chi connectivity index (χ0n) is 16.2. The van der Waals surface area contributed by atoms with Gasteiger partial charge in [0.25, 0.3) is 5.91 Å². The Kier molecular flexibility index (Phi) is 6.13. The Morgan fingerprint density at radius 2 is 2.10 bits per heavy atom. The molecule has 2 aliphatic rings. The molecule has 1 atom stereocenters. The van der Waals surface area contributed by atoms with Crippen molar-refractivity contribution in [3.05, 3.63) is 64.7 Å². The third-order valence-corrected chi connectivity index (χ3v) is 6.20. The van der Waals surface area contributed by atoms with Crippen LogP contribution in [0.25, 0.3) is 0 Å². The van der Waals surface area contributed by atoms with Crippen LogP contribution in [0.15, 0.2) is 42.6 Å². The summed E-state index contributed by atoms with van der Waals surface area (Å²) in [7, 11) is 0. The van der Waals surface area contributed by atoms with Crippen molar-refractivity contribution in [3.8, 4) is 0 Å². The van der Waals surface area contributed by atoms with Gasteiger partial charge in [-0.2, -0.15) is 0 Å². The number of piperidine rings is 1. The van der Waals surface area contributed by atoms with Crippen molar-refractivity contribution in [3.63, 3.8) is 0 Å². The molecule has 3 heterocycles. The zero-order chi connectivity index (χ0) is 20.3. The predicted octanol–water partition coefficient (Wildman–Crippen LogP) is 3.82. The van der Waals surface area contributed by atoms with Crippen molar-refractivity contribution in [2.75, 3.05) is 19.6 Å². The molecule has 29 heavy (non-hydrogen) atoms. The van der Waals surface area contributed by atoms with Crippen LogP contribution in [-0.2, 0) is 11.3 Å². The summed E-state index contributed by atoms with van der Waals surface area (Å²) >= 11 is 5.97. The number of nitrogens with one attached hydrogen (secondary N) is 1. The van der Waals surface area contributed by atoms with Gasteiger partial charge < -0.3 is 10.1 Å². The van der Waals surface area contributed by atoms with Crippen molar-refractivity contribution >= 4 is 17.5 Å². The summed E-state index contributed by atoms with van der Waals surface area (Å²) in [5.41, 5.74) is 1.29. The molecule has 1 spiro atoms. The van der Waals surface area contributed by atoms with Crippen LogP contribution in [0, 0.1) is 5.82 Å². The van der Waals surface area contributed by atoms with Gasteiger partial charge in [0.15, 0.2) is 0 Å². The summed E-state index contributed by atoms with van der Waals surface area (Å²) in [5, 5.41) is 2.99. The number of carbonyl (C=O) groups is 1. The minimum Gasteiger partial charge on any atom is -0.370 e. The van der Waals surface area contributed by atoms with E-state index in [2.05, 4.69) is 21.3 Å². The number of hydrogen-bond donors (Lipinski definition) is 1. The molecule has 1 amide bonds. The maximum absolute atomic E-state index is 13.2. The highest BCUT2D eigenvalue weighted by Crippen LogP contribution is 2.39. The Bertz CT molecular complexity index is 856. The molecule has 2 aliphatic heterocycles. The van der Waals surface area contributed by atoms with Gasteiger partial charge in [0, 0.05) is 32.4 Å². The van der Waals surface area contributed by atoms with Gasteiger partial charge in [-0.1, -0.05) is 17.7 Å². The molecule has 1 aromatic carbocycles. The van der Waals surface area contributed by atoms with Crippen LogP contribution in [0.4, 0.5) is 4.39 Å². The number of likely N-dealkylation sites (tertiary alicyclic amines) is 1. The number of rotatable bonds is 5. The lowest BCUT2D eigenvalue weighted by Gasteiger charge is -2.39. The van der Waals surface area contributed by atoms with Crippen LogP contribution in [0.5, 0.6) is 0 Å². The van der Waals surface area contributed by atoms with E-state index in [4.69, 9.17) is 16.3 Å². The highest BCUT2D eigenvalue weighted by molar-refractivity contribution is 6.33. The lowest BCUT2D eigenvalue weighted by atomic mass is 9.88. The van der Waals surface area contributed by atoms with E-state index >= 15 is 0 Å². The number of carbonyl (C=O) groups excluding carboxylic acids is 1. The van der Waals surface area contributed by atoms with Crippen molar-refractivity contribution in [2.45, 2.75) is 43.9 Å². The average molecular weight is 418 g/mol. The van der Waals surface area contributed by atoms with Crippen molar-refractivity contribution < 1.29 is 13.9 Å². The zero-order valence-corrected chi connectivity index (χ0v) is 17.0. The quantitative estimate of drug-likeness (QED) is 0.803. The highest BCUT2D eigenvalue weighted by Gasteiger charge is 2.42. The van der Waals surface area contributed by atoms with Crippen LogP contribution in [0.1, 0.15) is 41.7 Å². The summed E-state index contributed by atoms with van der Waals surface area (Å²) in [6.07, 6.45) is 5.77. The fourth-order valence-corrected chi connectivity index (χ4v) is 4.47. The largest absolute Gasteiger partial charge is 0.370 e. The number of halogens is 2. The molecule has 2 aromatic rings. The van der Waals surface area contributed by atoms with Gasteiger partial charge in [0.1, 0.15) is 5.82 Å². The molecule has 5 nitrogen and oxygen atoms in total. The minimum absolute atomic E-state index is 0.000476. The number of nitrogens with zero attached hydrogens (tertiary/aromatic N) is 2. The fourth-order valence-electron chi connectivity index (χ4n) is 4.22. The van der Waals surface area contributed by atoms with E-state index in [1.165, 1.54) is 12.1 Å². The third kappa shape index (κ3) is 4.94. The average Bonchev–Trinajstić information content (AvgIpc) is 3.12. The van der Waals surface area contributed by atoms with Crippen LogP contribution in [-0.4, -0.2) is 47.1 Å². The SMILES string of the molecule is O=C(NCC1CCC2(CCN(Cc3ccccn3)CC2)O1)c1ccc(F)cc1Cl. The van der Waals surface area contributed by atoms with Gasteiger partial charge >= 0.3 is 0 Å². The summed E-state index contributed by atoms with van der Waals surface area (Å²) < 4.78 is 19.5. The molecule has 1 N–H and O–H groups in total. The second-order valence-corrected chi connectivity index (χ2v) is 8.30. The van der Waals surface area contributed by atoms with Crippen molar-refractivity contribution in [1.82, 2.24) is 15.2 Å². The van der Waals surface area contributed by atoms with Crippen LogP contribution in [0.3, 0.4) is 0 Å². The van der Waals surface area contributed by atoms with Gasteiger partial charge in [-0.15, -0.1) is 0 Å². The smallest absolute Gasteiger partial charge is 0.252 e. The molecular formula is C22H25ClFN3O2. The molecule has 1 aromatic heterocycles. The Balaban J connectivity index is 1.25. The van der Waals surface area contributed by atoms with Gasteiger partial charge in [0.05, 0.1) is 28.0 Å². The Morgan fingerprint density at radius 3 is 2.83 bits per heavy atom. The first kappa shape index (κ1) is 20.3. The molecule has 4 rings (SSSR count). The van der Waals surface area contributed by atoms with E-state index in [1.807, 2.05) is 18.3 Å². The minimum atomic E-state index is -0.456. The van der Waals surface area contributed by atoms with E-state index in [0.29, 0.717) is 6.54 Å². The Labute approximate surface area is 175 Å². The van der Waals surface area contributed by atoms with Crippen molar-refractivity contribution in [2.24, 2.45) is 0 Å². The van der Waals surface area contributed by atoms with Gasteiger partial charge in [-0.3, -0.25) is 14.7 Å². The topological polar surface area (TPSA) is 54.5 Å². The molecular weight excluding hydrogens is 393 g/mol. The standard InChI is InChI=1S/C22H25ClFN3O2/c23-20-13-16(24)4-5-19(20)21(28)26-14-18-6-7-22(29-18)8-11-27(12-9-22)15-17-3-1-2-10-25-17/h1-5,10,13,18H,6-9,11-12,14-15H2,(H,26,28). The molecule has 0 aliphatic carbocycles. The fraction of sp³-hybridized carbons (Fsp3) is 0.455. The van der Waals surface area contributed by atoms with Crippen LogP contribution >= 0.6 is 11.6 Å². The normalized spacial score (nSPS) is 21.4. The maximum Gasteiger partial charge on any atom is 0.252 e. The van der Waals surface area contributed by atoms with Gasteiger partial charge in [-0.25, -0.2) is 4.39 Å². The van der Waals surface area contributed by atoms with E-state index < -0.39 is 5.82 Å². The number of hydrogen-bond acceptors (Lipinski definition) is 4.